The van der Waals surface area contributed by atoms with Gasteiger partial charge in [-0.15, -0.1) is 0 Å². The predicted octanol–water partition coefficient (Wildman–Crippen LogP) is 3.72. The molecular formula is C19H19F3N2O4. The Kier molecular flexibility index (Phi) is 6.17. The average molecular weight is 396 g/mol. The van der Waals surface area contributed by atoms with E-state index in [1.807, 2.05) is 0 Å². The second kappa shape index (κ2) is 8.20. The summed E-state index contributed by atoms with van der Waals surface area (Å²) in [5, 5.41) is 4.65. The Balaban J connectivity index is 2.18. The van der Waals surface area contributed by atoms with Gasteiger partial charge in [0.2, 0.25) is 11.8 Å². The summed E-state index contributed by atoms with van der Waals surface area (Å²) in [6.45, 7) is 2.60. The van der Waals surface area contributed by atoms with Gasteiger partial charge < -0.3 is 20.1 Å². The summed E-state index contributed by atoms with van der Waals surface area (Å²) in [7, 11) is 2.89. The molecule has 0 aliphatic heterocycles. The van der Waals surface area contributed by atoms with Gasteiger partial charge in [0.15, 0.2) is 29.0 Å². The lowest BCUT2D eigenvalue weighted by atomic mass is 9.90. The van der Waals surface area contributed by atoms with Gasteiger partial charge in [0.1, 0.15) is 5.41 Å². The average Bonchev–Trinajstić information content (AvgIpc) is 2.67. The van der Waals surface area contributed by atoms with Gasteiger partial charge in [0.05, 0.1) is 19.9 Å². The lowest BCUT2D eigenvalue weighted by Gasteiger charge is -2.23. The zero-order valence-electron chi connectivity index (χ0n) is 15.7. The van der Waals surface area contributed by atoms with Gasteiger partial charge >= 0.3 is 0 Å². The van der Waals surface area contributed by atoms with Crippen molar-refractivity contribution in [1.82, 2.24) is 0 Å². The second-order valence-corrected chi connectivity index (χ2v) is 6.33. The van der Waals surface area contributed by atoms with Crippen LogP contribution in [-0.4, -0.2) is 26.0 Å². The molecule has 0 saturated heterocycles. The van der Waals surface area contributed by atoms with Crippen molar-refractivity contribution in [3.8, 4) is 11.5 Å². The summed E-state index contributed by atoms with van der Waals surface area (Å²) >= 11 is 0. The maximum absolute atomic E-state index is 13.8. The highest BCUT2D eigenvalue weighted by Gasteiger charge is 2.37. The minimum absolute atomic E-state index is 0.336. The summed E-state index contributed by atoms with van der Waals surface area (Å²) in [5.41, 5.74) is -1.90. The quantitative estimate of drug-likeness (QED) is 0.576. The fourth-order valence-electron chi connectivity index (χ4n) is 2.21. The summed E-state index contributed by atoms with van der Waals surface area (Å²) < 4.78 is 50.3. The van der Waals surface area contributed by atoms with Crippen LogP contribution in [0.25, 0.3) is 0 Å². The number of benzene rings is 2. The van der Waals surface area contributed by atoms with Crippen molar-refractivity contribution in [2.75, 3.05) is 24.9 Å². The molecule has 0 bridgehead atoms. The number of hydrogen-bond acceptors (Lipinski definition) is 4. The summed E-state index contributed by atoms with van der Waals surface area (Å²) in [6.07, 6.45) is 0. The van der Waals surface area contributed by atoms with Crippen molar-refractivity contribution in [3.63, 3.8) is 0 Å². The first-order chi connectivity index (χ1) is 13.1. The number of ether oxygens (including phenoxy) is 2. The highest BCUT2D eigenvalue weighted by molar-refractivity contribution is 6.14. The minimum atomic E-state index is -1.72. The number of hydrogen-bond donors (Lipinski definition) is 2. The van der Waals surface area contributed by atoms with Crippen molar-refractivity contribution < 1.29 is 32.2 Å². The molecule has 0 heterocycles. The summed E-state index contributed by atoms with van der Waals surface area (Å²) in [6, 6.07) is 6.15. The Hall–Kier alpha value is -3.23. The Morgan fingerprint density at radius 2 is 1.46 bits per heavy atom. The van der Waals surface area contributed by atoms with Crippen molar-refractivity contribution in [1.29, 1.82) is 0 Å². The van der Waals surface area contributed by atoms with E-state index in [4.69, 9.17) is 9.47 Å². The molecule has 0 fully saturated rings. The van der Waals surface area contributed by atoms with Crippen LogP contribution in [0, 0.1) is 22.9 Å². The summed E-state index contributed by atoms with van der Waals surface area (Å²) in [5.74, 6) is -5.45. The van der Waals surface area contributed by atoms with E-state index in [0.717, 1.165) is 6.07 Å². The zero-order valence-corrected chi connectivity index (χ0v) is 15.7. The van der Waals surface area contributed by atoms with Gasteiger partial charge in [0.25, 0.3) is 0 Å². The fraction of sp³-hybridized carbons (Fsp3) is 0.263. The standard InChI is InChI=1S/C19H19F3N2O4/c1-19(2,18(26)24-12-7-6-11(20)15(21)16(12)22)17(25)23-10-5-8-13(27-3)14(9-10)28-4/h5-9H,1-4H3,(H,23,25)(H,24,26). The number of nitrogens with one attached hydrogen (secondary N) is 2. The second-order valence-electron chi connectivity index (χ2n) is 6.33. The topological polar surface area (TPSA) is 76.7 Å². The smallest absolute Gasteiger partial charge is 0.239 e. The predicted molar refractivity (Wildman–Crippen MR) is 96.9 cm³/mol. The molecule has 2 aromatic rings. The molecule has 2 aromatic carbocycles. The zero-order chi connectivity index (χ0) is 21.1. The molecule has 0 atom stereocenters. The number of methoxy groups -OCH3 is 2. The van der Waals surface area contributed by atoms with Crippen molar-refractivity contribution in [2.24, 2.45) is 5.41 Å². The molecule has 2 amide bonds. The Bertz CT molecular complexity index is 916. The van der Waals surface area contributed by atoms with Crippen LogP contribution in [0.3, 0.4) is 0 Å². The molecule has 0 aromatic heterocycles. The highest BCUT2D eigenvalue weighted by Crippen LogP contribution is 2.31. The lowest BCUT2D eigenvalue weighted by molar-refractivity contribution is -0.135. The van der Waals surface area contributed by atoms with E-state index in [-0.39, 0.29) is 0 Å². The van der Waals surface area contributed by atoms with E-state index in [1.165, 1.54) is 34.1 Å². The van der Waals surface area contributed by atoms with Crippen molar-refractivity contribution in [3.05, 3.63) is 47.8 Å². The van der Waals surface area contributed by atoms with Crippen LogP contribution >= 0.6 is 0 Å². The monoisotopic (exact) mass is 396 g/mol. The van der Waals surface area contributed by atoms with E-state index in [0.29, 0.717) is 23.3 Å². The first-order valence-electron chi connectivity index (χ1n) is 8.10. The Labute approximate surface area is 159 Å². The number of amides is 2. The van der Waals surface area contributed by atoms with Gasteiger partial charge in [-0.05, 0) is 38.1 Å². The summed E-state index contributed by atoms with van der Waals surface area (Å²) in [4.78, 5) is 25.0. The van der Waals surface area contributed by atoms with E-state index < -0.39 is 40.4 Å². The molecular weight excluding hydrogens is 377 g/mol. The van der Waals surface area contributed by atoms with E-state index in [2.05, 4.69) is 10.6 Å². The Morgan fingerprint density at radius 3 is 2.07 bits per heavy atom. The molecule has 150 valence electrons. The number of carbonyl (C=O) groups excluding carboxylic acids is 2. The molecule has 28 heavy (non-hydrogen) atoms. The maximum Gasteiger partial charge on any atom is 0.239 e. The normalized spacial score (nSPS) is 11.0. The van der Waals surface area contributed by atoms with Crippen molar-refractivity contribution in [2.45, 2.75) is 13.8 Å². The Morgan fingerprint density at radius 1 is 0.857 bits per heavy atom. The first-order valence-corrected chi connectivity index (χ1v) is 8.10. The van der Waals surface area contributed by atoms with Crippen LogP contribution in [0.2, 0.25) is 0 Å². The maximum atomic E-state index is 13.8. The van der Waals surface area contributed by atoms with Gasteiger partial charge in [-0.25, -0.2) is 13.2 Å². The third-order valence-electron chi connectivity index (χ3n) is 4.06. The molecule has 9 heteroatoms. The van der Waals surface area contributed by atoms with Crippen LogP contribution in [0.15, 0.2) is 30.3 Å². The van der Waals surface area contributed by atoms with Gasteiger partial charge in [-0.2, -0.15) is 0 Å². The molecule has 0 aliphatic carbocycles. The minimum Gasteiger partial charge on any atom is -0.493 e. The van der Waals surface area contributed by atoms with Crippen LogP contribution in [-0.2, 0) is 9.59 Å². The largest absolute Gasteiger partial charge is 0.493 e. The SMILES string of the molecule is COc1ccc(NC(=O)C(C)(C)C(=O)Nc2ccc(F)c(F)c2F)cc1OC. The number of rotatable bonds is 6. The van der Waals surface area contributed by atoms with Gasteiger partial charge in [-0.3, -0.25) is 9.59 Å². The van der Waals surface area contributed by atoms with Gasteiger partial charge in [-0.1, -0.05) is 0 Å². The molecule has 0 saturated carbocycles. The third-order valence-corrected chi connectivity index (χ3v) is 4.06. The molecule has 0 spiro atoms. The number of halogens is 3. The molecule has 0 unspecified atom stereocenters. The van der Waals surface area contributed by atoms with Crippen LogP contribution in [0.4, 0.5) is 24.5 Å². The van der Waals surface area contributed by atoms with Crippen LogP contribution in [0.1, 0.15) is 13.8 Å². The number of carbonyl (C=O) groups is 2. The van der Waals surface area contributed by atoms with E-state index in [9.17, 15) is 22.8 Å². The fourth-order valence-corrected chi connectivity index (χ4v) is 2.21. The highest BCUT2D eigenvalue weighted by atomic mass is 19.2. The molecule has 6 nitrogen and oxygen atoms in total. The van der Waals surface area contributed by atoms with E-state index >= 15 is 0 Å². The molecule has 2 rings (SSSR count). The van der Waals surface area contributed by atoms with Crippen LogP contribution < -0.4 is 20.1 Å². The third kappa shape index (κ3) is 4.19. The molecule has 2 N–H and O–H groups in total. The number of anilines is 2. The van der Waals surface area contributed by atoms with Crippen molar-refractivity contribution >= 4 is 23.2 Å². The first kappa shape index (κ1) is 21.1. The molecule has 0 radical (unpaired) electrons. The van der Waals surface area contributed by atoms with Crippen LogP contribution in [0.5, 0.6) is 11.5 Å². The van der Waals surface area contributed by atoms with E-state index in [1.54, 1.807) is 12.1 Å². The van der Waals surface area contributed by atoms with Gasteiger partial charge in [0, 0.05) is 11.8 Å². The lowest BCUT2D eigenvalue weighted by Crippen LogP contribution is -2.41. The molecule has 0 aliphatic rings.